The minimum absolute atomic E-state index is 0.479. The molecule has 0 unspecified atom stereocenters. The molecule has 0 atom stereocenters. The van der Waals surface area contributed by atoms with Crippen molar-refractivity contribution < 1.29 is 9.53 Å². The molecule has 0 amide bonds. The molecule has 0 bridgehead atoms. The number of esters is 1. The zero-order valence-electron chi connectivity index (χ0n) is 11.6. The number of benzene rings is 2. The molecule has 0 radical (unpaired) electrons. The van der Waals surface area contributed by atoms with Crippen LogP contribution in [0.25, 0.3) is 0 Å². The van der Waals surface area contributed by atoms with Crippen molar-refractivity contribution in [1.29, 1.82) is 0 Å². The third-order valence-electron chi connectivity index (χ3n) is 2.82. The molecule has 0 saturated heterocycles. The number of ether oxygens (including phenoxy) is 1. The van der Waals surface area contributed by atoms with Gasteiger partial charge in [-0.25, -0.2) is 4.79 Å². The van der Waals surface area contributed by atoms with Gasteiger partial charge in [-0.3, -0.25) is 0 Å². The van der Waals surface area contributed by atoms with Gasteiger partial charge in [-0.2, -0.15) is 0 Å². The van der Waals surface area contributed by atoms with Gasteiger partial charge in [-0.05, 0) is 31.2 Å². The number of hydrogen-bond donors (Lipinski definition) is 0. The lowest BCUT2D eigenvalue weighted by molar-refractivity contribution is -0.129. The summed E-state index contributed by atoms with van der Waals surface area (Å²) < 4.78 is 5.23. The quantitative estimate of drug-likeness (QED) is 0.335. The van der Waals surface area contributed by atoms with Crippen molar-refractivity contribution in [2.75, 3.05) is 0 Å². The van der Waals surface area contributed by atoms with Gasteiger partial charge in [-0.15, -0.1) is 11.8 Å². The van der Waals surface area contributed by atoms with Crippen molar-refractivity contribution in [3.63, 3.8) is 0 Å². The molecule has 4 heteroatoms. The monoisotopic (exact) mass is 318 g/mol. The molecule has 0 aliphatic carbocycles. The fourth-order valence-corrected chi connectivity index (χ4v) is 2.74. The Kier molecular flexibility index (Phi) is 5.48. The van der Waals surface area contributed by atoms with E-state index >= 15 is 0 Å². The van der Waals surface area contributed by atoms with Crippen LogP contribution in [0.3, 0.4) is 0 Å². The number of halogens is 1. The molecule has 2 rings (SSSR count). The number of carbonyl (C=O) groups excluding carboxylic acids is 1. The normalized spacial score (nSPS) is 10.2. The van der Waals surface area contributed by atoms with Gasteiger partial charge in [0, 0.05) is 27.3 Å². The van der Waals surface area contributed by atoms with Gasteiger partial charge in [0.15, 0.2) is 0 Å². The molecular formula is C17H15ClO2S. The Morgan fingerprint density at radius 3 is 2.67 bits per heavy atom. The van der Waals surface area contributed by atoms with E-state index < -0.39 is 5.97 Å². The zero-order valence-corrected chi connectivity index (χ0v) is 13.2. The van der Waals surface area contributed by atoms with Gasteiger partial charge in [0.25, 0.3) is 0 Å². The molecule has 0 spiro atoms. The number of rotatable bonds is 5. The predicted molar refractivity (Wildman–Crippen MR) is 88.0 cm³/mol. The highest BCUT2D eigenvalue weighted by Crippen LogP contribution is 2.30. The van der Waals surface area contributed by atoms with Crippen LogP contribution in [-0.4, -0.2) is 5.97 Å². The van der Waals surface area contributed by atoms with E-state index in [9.17, 15) is 4.79 Å². The summed E-state index contributed by atoms with van der Waals surface area (Å²) in [5.41, 5.74) is 2.15. The van der Waals surface area contributed by atoms with Crippen LogP contribution in [0.5, 0.6) is 5.75 Å². The summed E-state index contributed by atoms with van der Waals surface area (Å²) in [4.78, 5) is 12.5. The summed E-state index contributed by atoms with van der Waals surface area (Å²) >= 11 is 7.63. The van der Waals surface area contributed by atoms with Crippen LogP contribution in [0.4, 0.5) is 0 Å². The molecule has 0 saturated carbocycles. The molecule has 2 nitrogen and oxygen atoms in total. The Labute approximate surface area is 133 Å². The molecule has 0 N–H and O–H groups in total. The van der Waals surface area contributed by atoms with Crippen LogP contribution in [0.2, 0.25) is 5.02 Å². The first-order valence-electron chi connectivity index (χ1n) is 6.40. The van der Waals surface area contributed by atoms with Crippen LogP contribution in [0.1, 0.15) is 11.1 Å². The van der Waals surface area contributed by atoms with Crippen molar-refractivity contribution in [2.24, 2.45) is 0 Å². The Morgan fingerprint density at radius 1 is 1.29 bits per heavy atom. The summed E-state index contributed by atoms with van der Waals surface area (Å²) in [6.45, 7) is 5.45. The number of aryl methyl sites for hydroxylation is 1. The highest BCUT2D eigenvalue weighted by Gasteiger charge is 2.09. The van der Waals surface area contributed by atoms with Crippen molar-refractivity contribution in [2.45, 2.75) is 17.6 Å². The second-order valence-electron chi connectivity index (χ2n) is 4.48. The average molecular weight is 319 g/mol. The maximum Gasteiger partial charge on any atom is 0.335 e. The molecule has 0 heterocycles. The molecule has 0 aliphatic rings. The molecule has 2 aromatic carbocycles. The van der Waals surface area contributed by atoms with E-state index in [0.29, 0.717) is 16.5 Å². The van der Waals surface area contributed by atoms with Crippen LogP contribution in [0, 0.1) is 6.92 Å². The minimum atomic E-state index is -0.487. The van der Waals surface area contributed by atoms with Crippen molar-refractivity contribution >= 4 is 29.3 Å². The number of thioether (sulfide) groups is 1. The largest absolute Gasteiger partial charge is 0.423 e. The smallest absolute Gasteiger partial charge is 0.335 e. The van der Waals surface area contributed by atoms with Crippen molar-refractivity contribution in [3.8, 4) is 5.75 Å². The second kappa shape index (κ2) is 7.34. The van der Waals surface area contributed by atoms with E-state index in [-0.39, 0.29) is 0 Å². The molecule has 21 heavy (non-hydrogen) atoms. The Bertz CT molecular complexity index is 650. The van der Waals surface area contributed by atoms with Crippen LogP contribution < -0.4 is 4.74 Å². The van der Waals surface area contributed by atoms with Crippen LogP contribution in [0.15, 0.2) is 60.0 Å². The second-order valence-corrected chi connectivity index (χ2v) is 5.96. The maximum atomic E-state index is 11.4. The molecular weight excluding hydrogens is 304 g/mol. The van der Waals surface area contributed by atoms with E-state index in [1.165, 1.54) is 5.56 Å². The van der Waals surface area contributed by atoms with Crippen molar-refractivity contribution in [3.05, 3.63) is 71.3 Å². The third-order valence-corrected chi connectivity index (χ3v) is 4.12. The van der Waals surface area contributed by atoms with Gasteiger partial charge in [0.1, 0.15) is 5.75 Å². The Morgan fingerprint density at radius 2 is 2.00 bits per heavy atom. The maximum absolute atomic E-state index is 11.4. The van der Waals surface area contributed by atoms with E-state index in [1.807, 2.05) is 6.07 Å². The lowest BCUT2D eigenvalue weighted by atomic mass is 10.2. The summed E-state index contributed by atoms with van der Waals surface area (Å²) in [5.74, 6) is 0.686. The lowest BCUT2D eigenvalue weighted by Crippen LogP contribution is -2.05. The van der Waals surface area contributed by atoms with Gasteiger partial charge in [0.2, 0.25) is 0 Å². The number of carbonyl (C=O) groups is 1. The first kappa shape index (κ1) is 15.7. The van der Waals surface area contributed by atoms with Gasteiger partial charge < -0.3 is 4.74 Å². The molecule has 0 fully saturated rings. The molecule has 108 valence electrons. The Hall–Kier alpha value is -1.71. The number of hydrogen-bond acceptors (Lipinski definition) is 3. The van der Waals surface area contributed by atoms with E-state index in [0.717, 1.165) is 16.5 Å². The fourth-order valence-electron chi connectivity index (χ4n) is 1.69. The zero-order chi connectivity index (χ0) is 15.2. The average Bonchev–Trinajstić information content (AvgIpc) is 2.48. The van der Waals surface area contributed by atoms with E-state index in [1.54, 1.807) is 23.9 Å². The molecule has 2 aromatic rings. The highest BCUT2D eigenvalue weighted by atomic mass is 35.5. The fraction of sp³-hybridized carbons (Fsp3) is 0.118. The standard InChI is InChI=1S/C17H15ClO2S/c1-3-17(19)20-16-10-14(18)7-6-13(16)11-21-15-8-4-12(2)5-9-15/h3-10H,1,11H2,2H3. The van der Waals surface area contributed by atoms with E-state index in [4.69, 9.17) is 16.3 Å². The minimum Gasteiger partial charge on any atom is -0.423 e. The summed E-state index contributed by atoms with van der Waals surface area (Å²) in [6.07, 6.45) is 1.14. The lowest BCUT2D eigenvalue weighted by Gasteiger charge is -2.09. The predicted octanol–water partition coefficient (Wildman–Crippen LogP) is 5.03. The van der Waals surface area contributed by atoms with Crippen LogP contribution in [-0.2, 0) is 10.5 Å². The first-order valence-corrected chi connectivity index (χ1v) is 7.77. The third kappa shape index (κ3) is 4.66. The first-order chi connectivity index (χ1) is 10.1. The van der Waals surface area contributed by atoms with Gasteiger partial charge in [-0.1, -0.05) is 41.9 Å². The van der Waals surface area contributed by atoms with Crippen molar-refractivity contribution in [1.82, 2.24) is 0 Å². The van der Waals surface area contributed by atoms with Gasteiger partial charge >= 0.3 is 5.97 Å². The van der Waals surface area contributed by atoms with Gasteiger partial charge in [0.05, 0.1) is 0 Å². The Balaban J connectivity index is 2.13. The molecule has 0 aromatic heterocycles. The summed E-state index contributed by atoms with van der Waals surface area (Å²) in [5, 5.41) is 0.533. The highest BCUT2D eigenvalue weighted by molar-refractivity contribution is 7.98. The molecule has 0 aliphatic heterocycles. The SMILES string of the molecule is C=CC(=O)Oc1cc(Cl)ccc1CSc1ccc(C)cc1. The van der Waals surface area contributed by atoms with E-state index in [2.05, 4.69) is 37.8 Å². The summed E-state index contributed by atoms with van der Waals surface area (Å²) in [7, 11) is 0. The summed E-state index contributed by atoms with van der Waals surface area (Å²) in [6, 6.07) is 13.6. The van der Waals surface area contributed by atoms with Crippen LogP contribution >= 0.6 is 23.4 Å². The topological polar surface area (TPSA) is 26.3 Å².